The summed E-state index contributed by atoms with van der Waals surface area (Å²) in [5.41, 5.74) is 0.0379. The molecule has 2 unspecified atom stereocenters. The van der Waals surface area contributed by atoms with Crippen molar-refractivity contribution in [2.75, 3.05) is 0 Å². The van der Waals surface area contributed by atoms with Crippen molar-refractivity contribution in [2.45, 2.75) is 44.4 Å². The van der Waals surface area contributed by atoms with Crippen LogP contribution >= 0.6 is 15.9 Å². The van der Waals surface area contributed by atoms with Crippen LogP contribution < -0.4 is 0 Å². The van der Waals surface area contributed by atoms with Crippen LogP contribution in [-0.2, 0) is 5.60 Å². The molecule has 1 amide bonds. The number of carboxylic acid groups (broad SMARTS) is 1. The maximum atomic E-state index is 13.3. The highest BCUT2D eigenvalue weighted by molar-refractivity contribution is 9.10. The predicted molar refractivity (Wildman–Crippen MR) is 112 cm³/mol. The van der Waals surface area contributed by atoms with Gasteiger partial charge in [-0.05, 0) is 55.7 Å². The summed E-state index contributed by atoms with van der Waals surface area (Å²) in [6, 6.07) is 12.2. The smallest absolute Gasteiger partial charge is 0.408 e. The Hall–Kier alpha value is -2.18. The lowest BCUT2D eigenvalue weighted by molar-refractivity contribution is -0.000498. The summed E-state index contributed by atoms with van der Waals surface area (Å²) in [6.07, 6.45) is 0.892. The molecule has 2 N–H and O–H groups in total. The number of hydrogen-bond donors (Lipinski definition) is 2. The third-order valence-electron chi connectivity index (χ3n) is 4.96. The molecular weight excluding hydrogens is 425 g/mol. The van der Waals surface area contributed by atoms with Gasteiger partial charge in [-0.15, -0.1) is 6.58 Å². The summed E-state index contributed by atoms with van der Waals surface area (Å²) in [5, 5.41) is 21.1. The van der Waals surface area contributed by atoms with Gasteiger partial charge in [0.05, 0.1) is 11.6 Å². The predicted octanol–water partition coefficient (Wildman–Crippen LogP) is 5.87. The van der Waals surface area contributed by atoms with Gasteiger partial charge in [-0.2, -0.15) is 0 Å². The van der Waals surface area contributed by atoms with Crippen LogP contribution in [0.5, 0.6) is 0 Å². The average Bonchev–Trinajstić information content (AvgIpc) is 2.62. The Morgan fingerprint density at radius 2 is 1.79 bits per heavy atom. The van der Waals surface area contributed by atoms with Crippen molar-refractivity contribution in [2.24, 2.45) is 0 Å². The molecule has 0 fully saturated rings. The summed E-state index contributed by atoms with van der Waals surface area (Å²) < 4.78 is 14.2. The van der Waals surface area contributed by atoms with Crippen LogP contribution in [0.15, 0.2) is 65.7 Å². The number of carbonyl (C=O) groups is 1. The van der Waals surface area contributed by atoms with E-state index in [-0.39, 0.29) is 12.8 Å². The molecule has 0 spiro atoms. The number of benzene rings is 2. The van der Waals surface area contributed by atoms with Crippen molar-refractivity contribution in [1.29, 1.82) is 0 Å². The standard InChI is InChI=1S/C22H25BrFNO3/c1-4-13-22(28,18-7-11-20(24)12-8-18)14-15(2)25(21(26)27)16(3)17-5-9-19(23)10-6-17/h4-12,15-16,28H,1,13-14H2,2-3H3,(H,26,27)/t15?,16?,22-/m0/s1. The maximum absolute atomic E-state index is 13.3. The quantitative estimate of drug-likeness (QED) is 0.495. The molecule has 6 heteroatoms. The van der Waals surface area contributed by atoms with Crippen molar-refractivity contribution >= 4 is 22.0 Å². The molecule has 0 aliphatic rings. The zero-order valence-corrected chi connectivity index (χ0v) is 17.6. The molecule has 3 atom stereocenters. The van der Waals surface area contributed by atoms with Crippen molar-refractivity contribution in [3.63, 3.8) is 0 Å². The van der Waals surface area contributed by atoms with E-state index in [1.54, 1.807) is 13.0 Å². The fraction of sp³-hybridized carbons (Fsp3) is 0.318. The normalized spacial score (nSPS) is 15.3. The van der Waals surface area contributed by atoms with Gasteiger partial charge in [0.15, 0.2) is 0 Å². The van der Waals surface area contributed by atoms with Crippen LogP contribution in [0.25, 0.3) is 0 Å². The first kappa shape index (κ1) is 22.1. The van der Waals surface area contributed by atoms with Crippen LogP contribution in [0.1, 0.15) is 43.9 Å². The average molecular weight is 450 g/mol. The Labute approximate surface area is 173 Å². The zero-order valence-electron chi connectivity index (χ0n) is 16.0. The minimum absolute atomic E-state index is 0.151. The van der Waals surface area contributed by atoms with Crippen molar-refractivity contribution in [1.82, 2.24) is 4.90 Å². The number of nitrogens with zero attached hydrogens (tertiary/aromatic N) is 1. The lowest BCUT2D eigenvalue weighted by Crippen LogP contribution is -2.43. The largest absolute Gasteiger partial charge is 0.465 e. The molecule has 0 aromatic heterocycles. The molecule has 2 rings (SSSR count). The Morgan fingerprint density at radius 1 is 1.21 bits per heavy atom. The topological polar surface area (TPSA) is 60.8 Å². The van der Waals surface area contributed by atoms with Crippen molar-refractivity contribution < 1.29 is 19.4 Å². The van der Waals surface area contributed by atoms with Crippen LogP contribution in [0.3, 0.4) is 0 Å². The number of aliphatic hydroxyl groups is 1. The maximum Gasteiger partial charge on any atom is 0.408 e. The van der Waals surface area contributed by atoms with Gasteiger partial charge in [0.2, 0.25) is 0 Å². The van der Waals surface area contributed by atoms with Gasteiger partial charge in [-0.25, -0.2) is 9.18 Å². The highest BCUT2D eigenvalue weighted by Crippen LogP contribution is 2.34. The SMILES string of the molecule is C=CC[C@](O)(CC(C)N(C(=O)O)C(C)c1ccc(Br)cc1)c1ccc(F)cc1. The number of hydrogen-bond acceptors (Lipinski definition) is 2. The molecule has 4 nitrogen and oxygen atoms in total. The van der Waals surface area contributed by atoms with E-state index >= 15 is 0 Å². The molecule has 0 heterocycles. The second-order valence-corrected chi connectivity index (χ2v) is 7.92. The molecule has 0 aliphatic carbocycles. The minimum atomic E-state index is -1.35. The molecule has 0 saturated heterocycles. The highest BCUT2D eigenvalue weighted by Gasteiger charge is 2.35. The zero-order chi connectivity index (χ0) is 20.9. The van der Waals surface area contributed by atoms with E-state index in [0.717, 1.165) is 10.0 Å². The van der Waals surface area contributed by atoms with Crippen LogP contribution in [0.2, 0.25) is 0 Å². The Morgan fingerprint density at radius 3 is 2.29 bits per heavy atom. The van der Waals surface area contributed by atoms with E-state index < -0.39 is 29.6 Å². The summed E-state index contributed by atoms with van der Waals surface area (Å²) in [7, 11) is 0. The van der Waals surface area contributed by atoms with Gasteiger partial charge in [-0.1, -0.05) is 46.3 Å². The van der Waals surface area contributed by atoms with Gasteiger partial charge in [0.1, 0.15) is 5.82 Å². The van der Waals surface area contributed by atoms with E-state index in [2.05, 4.69) is 22.5 Å². The van der Waals surface area contributed by atoms with Crippen molar-refractivity contribution in [3.8, 4) is 0 Å². The second kappa shape index (κ2) is 9.34. The van der Waals surface area contributed by atoms with E-state index in [1.165, 1.54) is 29.2 Å². The van der Waals surface area contributed by atoms with Gasteiger partial charge < -0.3 is 10.2 Å². The molecule has 0 bridgehead atoms. The van der Waals surface area contributed by atoms with E-state index in [4.69, 9.17) is 0 Å². The number of halogens is 2. The third-order valence-corrected chi connectivity index (χ3v) is 5.49. The van der Waals surface area contributed by atoms with Gasteiger partial charge >= 0.3 is 6.09 Å². The molecular formula is C22H25BrFNO3. The Balaban J connectivity index is 2.31. The highest BCUT2D eigenvalue weighted by atomic mass is 79.9. The van der Waals surface area contributed by atoms with Gasteiger partial charge in [-0.3, -0.25) is 4.90 Å². The van der Waals surface area contributed by atoms with E-state index in [9.17, 15) is 19.4 Å². The molecule has 28 heavy (non-hydrogen) atoms. The van der Waals surface area contributed by atoms with Crippen molar-refractivity contribution in [3.05, 3.63) is 82.6 Å². The summed E-state index contributed by atoms with van der Waals surface area (Å²) >= 11 is 3.38. The first-order valence-electron chi connectivity index (χ1n) is 9.04. The first-order chi connectivity index (χ1) is 13.2. The Bertz CT molecular complexity index is 810. The Kier molecular flexibility index (Phi) is 7.38. The number of amides is 1. The monoisotopic (exact) mass is 449 g/mol. The summed E-state index contributed by atoms with van der Waals surface area (Å²) in [5.74, 6) is -0.395. The lowest BCUT2D eigenvalue weighted by Gasteiger charge is -2.38. The van der Waals surface area contributed by atoms with Crippen LogP contribution in [0.4, 0.5) is 9.18 Å². The van der Waals surface area contributed by atoms with Gasteiger partial charge in [0.25, 0.3) is 0 Å². The molecule has 2 aromatic carbocycles. The second-order valence-electron chi connectivity index (χ2n) is 7.00. The fourth-order valence-corrected chi connectivity index (χ4v) is 3.81. The van der Waals surface area contributed by atoms with Crippen LogP contribution in [-0.4, -0.2) is 27.2 Å². The van der Waals surface area contributed by atoms with E-state index in [0.29, 0.717) is 5.56 Å². The molecule has 150 valence electrons. The molecule has 0 radical (unpaired) electrons. The lowest BCUT2D eigenvalue weighted by atomic mass is 9.84. The molecule has 2 aromatic rings. The summed E-state index contributed by atoms with van der Waals surface area (Å²) in [6.45, 7) is 7.28. The fourth-order valence-electron chi connectivity index (χ4n) is 3.54. The molecule has 0 saturated carbocycles. The van der Waals surface area contributed by atoms with Gasteiger partial charge in [0, 0.05) is 16.9 Å². The minimum Gasteiger partial charge on any atom is -0.465 e. The third kappa shape index (κ3) is 5.20. The first-order valence-corrected chi connectivity index (χ1v) is 9.83. The van der Waals surface area contributed by atoms with E-state index in [1.807, 2.05) is 31.2 Å². The molecule has 0 aliphatic heterocycles. The summed E-state index contributed by atoms with van der Waals surface area (Å²) in [4.78, 5) is 13.3. The van der Waals surface area contributed by atoms with Crippen LogP contribution in [0, 0.1) is 5.82 Å². The number of rotatable bonds is 8.